The molecule has 0 aromatic heterocycles. The topological polar surface area (TPSA) is 65.4 Å². The summed E-state index contributed by atoms with van der Waals surface area (Å²) in [7, 11) is 0. The lowest BCUT2D eigenvalue weighted by Crippen LogP contribution is -2.48. The van der Waals surface area contributed by atoms with Crippen LogP contribution in [0.2, 0.25) is 0 Å². The van der Waals surface area contributed by atoms with Crippen LogP contribution < -0.4 is 5.32 Å². The molecule has 0 aliphatic carbocycles. The maximum Gasteiger partial charge on any atom is 0.238 e. The fraction of sp³-hybridized carbons (Fsp3) is 0.500. The molecular weight excluding hydrogens is 266 g/mol. The van der Waals surface area contributed by atoms with Crippen LogP contribution in [0.15, 0.2) is 24.3 Å². The number of benzene rings is 1. The molecule has 2 atom stereocenters. The smallest absolute Gasteiger partial charge is 0.238 e. The predicted octanol–water partition coefficient (Wildman–Crippen LogP) is 1.80. The molecule has 1 aliphatic rings. The van der Waals surface area contributed by atoms with Crippen molar-refractivity contribution in [1.82, 2.24) is 4.90 Å². The van der Waals surface area contributed by atoms with Gasteiger partial charge in [-0.1, -0.05) is 12.1 Å². The number of rotatable bonds is 4. The van der Waals surface area contributed by atoms with Crippen molar-refractivity contribution in [1.29, 1.82) is 5.26 Å². The van der Waals surface area contributed by atoms with Crippen LogP contribution >= 0.6 is 0 Å². The number of hydrogen-bond acceptors (Lipinski definition) is 4. The standard InChI is InChI=1S/C16H21N3O2/c1-12-9-19(10-13(2)21-12)11-16(20)18-15-5-3-14(4-6-15)7-8-17/h3-6,12-13H,7,9-11H2,1-2H3,(H,18,20)/t12-,13-/m1/s1. The van der Waals surface area contributed by atoms with E-state index < -0.39 is 0 Å². The number of anilines is 1. The summed E-state index contributed by atoms with van der Waals surface area (Å²) in [6.45, 7) is 5.97. The Balaban J connectivity index is 1.85. The van der Waals surface area contributed by atoms with Crippen molar-refractivity contribution < 1.29 is 9.53 Å². The number of nitrogens with zero attached hydrogens (tertiary/aromatic N) is 2. The van der Waals surface area contributed by atoms with E-state index in [2.05, 4.69) is 16.3 Å². The summed E-state index contributed by atoms with van der Waals surface area (Å²) in [5, 5.41) is 11.5. The van der Waals surface area contributed by atoms with Crippen molar-refractivity contribution in [3.05, 3.63) is 29.8 Å². The van der Waals surface area contributed by atoms with E-state index in [0.717, 1.165) is 24.3 Å². The van der Waals surface area contributed by atoms with Crippen molar-refractivity contribution in [2.45, 2.75) is 32.5 Å². The SMILES string of the molecule is C[C@@H]1CN(CC(=O)Nc2ccc(CC#N)cc2)C[C@@H](C)O1. The van der Waals surface area contributed by atoms with E-state index in [9.17, 15) is 4.79 Å². The van der Waals surface area contributed by atoms with Gasteiger partial charge >= 0.3 is 0 Å². The first-order valence-corrected chi connectivity index (χ1v) is 7.20. The number of carbonyl (C=O) groups is 1. The van der Waals surface area contributed by atoms with Gasteiger partial charge in [-0.05, 0) is 31.5 Å². The zero-order valence-electron chi connectivity index (χ0n) is 12.5. The minimum atomic E-state index is -0.0238. The summed E-state index contributed by atoms with van der Waals surface area (Å²) in [5.41, 5.74) is 1.71. The van der Waals surface area contributed by atoms with E-state index in [1.165, 1.54) is 0 Å². The van der Waals surface area contributed by atoms with Crippen LogP contribution in [0.4, 0.5) is 5.69 Å². The average Bonchev–Trinajstić information content (AvgIpc) is 2.40. The molecule has 1 N–H and O–H groups in total. The van der Waals surface area contributed by atoms with Crippen LogP contribution in [-0.4, -0.2) is 42.6 Å². The Bertz CT molecular complexity index is 511. The second kappa shape index (κ2) is 7.21. The van der Waals surface area contributed by atoms with E-state index in [-0.39, 0.29) is 18.1 Å². The molecule has 0 saturated carbocycles. The highest BCUT2D eigenvalue weighted by Crippen LogP contribution is 2.12. The van der Waals surface area contributed by atoms with Gasteiger partial charge in [-0.2, -0.15) is 5.26 Å². The molecule has 1 aliphatic heterocycles. The first-order valence-electron chi connectivity index (χ1n) is 7.20. The van der Waals surface area contributed by atoms with E-state index in [0.29, 0.717) is 13.0 Å². The summed E-state index contributed by atoms with van der Waals surface area (Å²) in [4.78, 5) is 14.2. The van der Waals surface area contributed by atoms with E-state index in [4.69, 9.17) is 10.00 Å². The van der Waals surface area contributed by atoms with Gasteiger partial charge in [0.1, 0.15) is 0 Å². The Morgan fingerprint density at radius 3 is 2.52 bits per heavy atom. The van der Waals surface area contributed by atoms with Gasteiger partial charge in [-0.3, -0.25) is 9.69 Å². The van der Waals surface area contributed by atoms with Crippen molar-refractivity contribution in [3.63, 3.8) is 0 Å². The Morgan fingerprint density at radius 2 is 1.95 bits per heavy atom. The monoisotopic (exact) mass is 287 g/mol. The molecule has 2 rings (SSSR count). The highest BCUT2D eigenvalue weighted by Gasteiger charge is 2.23. The van der Waals surface area contributed by atoms with Gasteiger partial charge in [0.05, 0.1) is 31.2 Å². The third kappa shape index (κ3) is 4.85. The number of hydrogen-bond donors (Lipinski definition) is 1. The highest BCUT2D eigenvalue weighted by atomic mass is 16.5. The maximum atomic E-state index is 12.1. The van der Waals surface area contributed by atoms with Crippen LogP contribution in [0.1, 0.15) is 19.4 Å². The Morgan fingerprint density at radius 1 is 1.33 bits per heavy atom. The third-order valence-corrected chi connectivity index (χ3v) is 3.38. The number of morpholine rings is 1. The van der Waals surface area contributed by atoms with Crippen molar-refractivity contribution in [3.8, 4) is 6.07 Å². The molecule has 1 fully saturated rings. The van der Waals surface area contributed by atoms with Gasteiger partial charge in [0.2, 0.25) is 5.91 Å². The number of nitriles is 1. The molecule has 21 heavy (non-hydrogen) atoms. The number of amides is 1. The maximum absolute atomic E-state index is 12.1. The summed E-state index contributed by atoms with van der Waals surface area (Å²) in [6.07, 6.45) is 0.705. The second-order valence-corrected chi connectivity index (χ2v) is 5.53. The first-order chi connectivity index (χ1) is 10.1. The van der Waals surface area contributed by atoms with E-state index in [1.54, 1.807) is 0 Å². The van der Waals surface area contributed by atoms with Crippen LogP contribution in [0.3, 0.4) is 0 Å². The fourth-order valence-electron chi connectivity index (χ4n) is 2.61. The Hall–Kier alpha value is -1.90. The summed E-state index contributed by atoms with van der Waals surface area (Å²) >= 11 is 0. The highest BCUT2D eigenvalue weighted by molar-refractivity contribution is 5.92. The van der Waals surface area contributed by atoms with Gasteiger partial charge in [-0.25, -0.2) is 0 Å². The molecule has 1 aromatic rings. The number of carbonyl (C=O) groups excluding carboxylic acids is 1. The van der Waals surface area contributed by atoms with Gasteiger partial charge in [0.15, 0.2) is 0 Å². The van der Waals surface area contributed by atoms with Crippen LogP contribution in [0.5, 0.6) is 0 Å². The molecule has 1 aromatic carbocycles. The van der Waals surface area contributed by atoms with Gasteiger partial charge in [-0.15, -0.1) is 0 Å². The molecule has 0 radical (unpaired) electrons. The lowest BCUT2D eigenvalue weighted by atomic mass is 10.1. The van der Waals surface area contributed by atoms with Gasteiger partial charge in [0.25, 0.3) is 0 Å². The molecule has 1 amide bonds. The van der Waals surface area contributed by atoms with Gasteiger partial charge < -0.3 is 10.1 Å². The molecule has 1 saturated heterocycles. The molecule has 1 heterocycles. The van der Waals surface area contributed by atoms with E-state index >= 15 is 0 Å². The number of ether oxygens (including phenoxy) is 1. The predicted molar refractivity (Wildman–Crippen MR) is 80.8 cm³/mol. The minimum Gasteiger partial charge on any atom is -0.373 e. The zero-order chi connectivity index (χ0) is 15.2. The molecular formula is C16H21N3O2. The second-order valence-electron chi connectivity index (χ2n) is 5.53. The first kappa shape index (κ1) is 15.5. The molecule has 5 heteroatoms. The van der Waals surface area contributed by atoms with E-state index in [1.807, 2.05) is 38.1 Å². The molecule has 0 unspecified atom stereocenters. The molecule has 0 bridgehead atoms. The Labute approximate surface area is 125 Å². The lowest BCUT2D eigenvalue weighted by molar-refractivity contribution is -0.121. The molecule has 0 spiro atoms. The van der Waals surface area contributed by atoms with Crippen molar-refractivity contribution in [2.75, 3.05) is 25.0 Å². The minimum absolute atomic E-state index is 0.0238. The van der Waals surface area contributed by atoms with Crippen molar-refractivity contribution >= 4 is 11.6 Å². The molecule has 112 valence electrons. The van der Waals surface area contributed by atoms with Crippen LogP contribution in [0.25, 0.3) is 0 Å². The fourth-order valence-corrected chi connectivity index (χ4v) is 2.61. The van der Waals surface area contributed by atoms with Crippen LogP contribution in [-0.2, 0) is 16.0 Å². The average molecular weight is 287 g/mol. The largest absolute Gasteiger partial charge is 0.373 e. The van der Waals surface area contributed by atoms with Gasteiger partial charge in [0, 0.05) is 18.8 Å². The lowest BCUT2D eigenvalue weighted by Gasteiger charge is -2.34. The summed E-state index contributed by atoms with van der Waals surface area (Å²) < 4.78 is 5.65. The Kier molecular flexibility index (Phi) is 5.32. The van der Waals surface area contributed by atoms with Crippen LogP contribution in [0, 0.1) is 11.3 Å². The number of nitrogens with one attached hydrogen (secondary N) is 1. The molecule has 5 nitrogen and oxygen atoms in total. The summed E-state index contributed by atoms with van der Waals surface area (Å²) in [6, 6.07) is 9.48. The third-order valence-electron chi connectivity index (χ3n) is 3.38. The quantitative estimate of drug-likeness (QED) is 0.917. The normalized spacial score (nSPS) is 22.5. The van der Waals surface area contributed by atoms with Crippen molar-refractivity contribution in [2.24, 2.45) is 0 Å². The zero-order valence-corrected chi connectivity index (χ0v) is 12.5. The summed E-state index contributed by atoms with van der Waals surface area (Å²) in [5.74, 6) is -0.0238.